The third-order valence-electron chi connectivity index (χ3n) is 9.55. The number of allylic oxidation sites excluding steroid dienone is 1. The van der Waals surface area contributed by atoms with Gasteiger partial charge in [0.2, 0.25) is 0 Å². The number of hydrogen-bond donors (Lipinski definition) is 4. The lowest BCUT2D eigenvalue weighted by Gasteiger charge is -2.58. The molecule has 4 rings (SSSR count). The molecule has 4 aliphatic rings. The zero-order chi connectivity index (χ0) is 23.1. The standard InChI is InChI=1S/C24H40NO5PS/c1-23-10-7-17(26)15-16(23)3-4-18-19-5-6-21(24(19,2)11-8-20(18)23)22(27)9-12-25-13-14-32-31(28,29)30/h3,17-21,25-26H,4-15H2,1-2H3,(H2,28,29,30). The van der Waals surface area contributed by atoms with Crippen LogP contribution >= 0.6 is 18.2 Å². The molecular formula is C24H40NO5PS. The average Bonchev–Trinajstić information content (AvgIpc) is 3.07. The van der Waals surface area contributed by atoms with E-state index in [1.165, 1.54) is 12.0 Å². The second kappa shape index (κ2) is 9.47. The smallest absolute Gasteiger partial charge is 0.384 e. The highest BCUT2D eigenvalue weighted by atomic mass is 32.7. The molecule has 8 heteroatoms. The van der Waals surface area contributed by atoms with E-state index < -0.39 is 6.80 Å². The van der Waals surface area contributed by atoms with E-state index in [0.29, 0.717) is 60.2 Å². The summed E-state index contributed by atoms with van der Waals surface area (Å²) in [7, 11) is 0. The van der Waals surface area contributed by atoms with Crippen LogP contribution in [0.3, 0.4) is 0 Å². The Hall–Kier alpha value is -0.170. The van der Waals surface area contributed by atoms with Crippen molar-refractivity contribution in [2.75, 3.05) is 18.8 Å². The number of fused-ring (bicyclic) bond motifs is 5. The van der Waals surface area contributed by atoms with Crippen molar-refractivity contribution in [2.45, 2.75) is 77.7 Å². The fraction of sp³-hybridized carbons (Fsp3) is 0.875. The van der Waals surface area contributed by atoms with Crippen LogP contribution in [-0.2, 0) is 9.36 Å². The predicted octanol–water partition coefficient (Wildman–Crippen LogP) is 4.30. The molecule has 6 nitrogen and oxygen atoms in total. The Morgan fingerprint density at radius 1 is 1.16 bits per heavy atom. The predicted molar refractivity (Wildman–Crippen MR) is 128 cm³/mol. The van der Waals surface area contributed by atoms with Crippen LogP contribution in [0.15, 0.2) is 11.6 Å². The second-order valence-corrected chi connectivity index (χ2v) is 15.0. The van der Waals surface area contributed by atoms with E-state index in [1.54, 1.807) is 0 Å². The molecule has 4 aliphatic carbocycles. The molecule has 3 fully saturated rings. The first-order valence-electron chi connectivity index (χ1n) is 12.4. The lowest BCUT2D eigenvalue weighted by molar-refractivity contribution is -0.129. The normalized spacial score (nSPS) is 41.4. The van der Waals surface area contributed by atoms with E-state index in [9.17, 15) is 14.5 Å². The summed E-state index contributed by atoms with van der Waals surface area (Å²) in [6, 6.07) is 0. The molecule has 3 saturated carbocycles. The average molecular weight is 486 g/mol. The van der Waals surface area contributed by atoms with Crippen molar-refractivity contribution in [3.8, 4) is 0 Å². The highest BCUT2D eigenvalue weighted by molar-refractivity contribution is 8.54. The van der Waals surface area contributed by atoms with Gasteiger partial charge in [-0.25, -0.2) is 4.57 Å². The molecule has 0 aromatic rings. The fourth-order valence-corrected chi connectivity index (χ4v) is 9.38. The number of carbonyl (C=O) groups excluding carboxylic acids is 1. The van der Waals surface area contributed by atoms with Gasteiger partial charge in [0.15, 0.2) is 0 Å². The molecule has 0 saturated heterocycles. The van der Waals surface area contributed by atoms with Crippen LogP contribution < -0.4 is 5.32 Å². The molecule has 4 N–H and O–H groups in total. The third-order valence-corrected chi connectivity index (χ3v) is 11.8. The molecule has 0 amide bonds. The highest BCUT2D eigenvalue weighted by Gasteiger charge is 2.59. The summed E-state index contributed by atoms with van der Waals surface area (Å²) < 4.78 is 10.9. The number of rotatable bonds is 8. The highest BCUT2D eigenvalue weighted by Crippen LogP contribution is 2.66. The fourth-order valence-electron chi connectivity index (χ4n) is 7.92. The van der Waals surface area contributed by atoms with Crippen LogP contribution in [0.4, 0.5) is 0 Å². The van der Waals surface area contributed by atoms with Crippen LogP contribution in [0.1, 0.15) is 71.6 Å². The van der Waals surface area contributed by atoms with Gasteiger partial charge in [-0.15, -0.1) is 0 Å². The summed E-state index contributed by atoms with van der Waals surface area (Å²) in [5, 5.41) is 13.3. The number of aliphatic hydroxyl groups is 1. The Bertz CT molecular complexity index is 799. The topological polar surface area (TPSA) is 107 Å². The van der Waals surface area contributed by atoms with Crippen LogP contribution in [-0.4, -0.2) is 45.6 Å². The summed E-state index contributed by atoms with van der Waals surface area (Å²) in [6.45, 7) is 1.88. The van der Waals surface area contributed by atoms with Crippen molar-refractivity contribution in [1.82, 2.24) is 5.32 Å². The number of carbonyl (C=O) groups is 1. The number of ketones is 1. The molecule has 0 aliphatic heterocycles. The van der Waals surface area contributed by atoms with Crippen molar-refractivity contribution in [1.29, 1.82) is 0 Å². The molecule has 7 atom stereocenters. The van der Waals surface area contributed by atoms with Crippen LogP contribution in [0, 0.1) is 34.5 Å². The minimum atomic E-state index is -4.01. The van der Waals surface area contributed by atoms with E-state index in [0.717, 1.165) is 44.9 Å². The number of nitrogens with one attached hydrogen (secondary N) is 1. The molecule has 0 aromatic carbocycles. The van der Waals surface area contributed by atoms with Gasteiger partial charge < -0.3 is 20.2 Å². The van der Waals surface area contributed by atoms with Crippen molar-refractivity contribution in [3.63, 3.8) is 0 Å². The Kier molecular flexibility index (Phi) is 7.38. The Labute approximate surface area is 196 Å². The quantitative estimate of drug-likeness (QED) is 0.231. The van der Waals surface area contributed by atoms with Gasteiger partial charge in [-0.2, -0.15) is 0 Å². The van der Waals surface area contributed by atoms with E-state index in [4.69, 9.17) is 9.79 Å². The van der Waals surface area contributed by atoms with Crippen LogP contribution in [0.2, 0.25) is 0 Å². The summed E-state index contributed by atoms with van der Waals surface area (Å²) in [5.74, 6) is 2.82. The molecule has 0 radical (unpaired) electrons. The third kappa shape index (κ3) is 4.81. The van der Waals surface area contributed by atoms with Gasteiger partial charge in [-0.05, 0) is 91.3 Å². The monoisotopic (exact) mass is 485 g/mol. The molecule has 0 aromatic heterocycles. The van der Waals surface area contributed by atoms with Crippen molar-refractivity contribution in [2.24, 2.45) is 34.5 Å². The maximum absolute atomic E-state index is 13.2. The van der Waals surface area contributed by atoms with Gasteiger partial charge in [0, 0.05) is 31.2 Å². The van der Waals surface area contributed by atoms with Gasteiger partial charge >= 0.3 is 6.80 Å². The molecular weight excluding hydrogens is 445 g/mol. The number of hydrogen-bond acceptors (Lipinski definition) is 5. The lowest BCUT2D eigenvalue weighted by atomic mass is 9.47. The number of Topliss-reactive ketones (excluding diaryl/α,β-unsaturated/α-hetero) is 1. The molecule has 32 heavy (non-hydrogen) atoms. The first-order chi connectivity index (χ1) is 15.0. The summed E-state index contributed by atoms with van der Waals surface area (Å²) >= 11 is 0.651. The largest absolute Gasteiger partial charge is 0.393 e. The molecule has 0 bridgehead atoms. The Morgan fingerprint density at radius 3 is 2.69 bits per heavy atom. The van der Waals surface area contributed by atoms with E-state index in [1.807, 2.05) is 0 Å². The van der Waals surface area contributed by atoms with Gasteiger partial charge in [0.1, 0.15) is 5.78 Å². The van der Waals surface area contributed by atoms with Crippen molar-refractivity contribution >= 4 is 24.0 Å². The van der Waals surface area contributed by atoms with E-state index in [-0.39, 0.29) is 22.9 Å². The lowest BCUT2D eigenvalue weighted by Crippen LogP contribution is -2.51. The van der Waals surface area contributed by atoms with Crippen molar-refractivity contribution < 1.29 is 24.3 Å². The number of aliphatic hydroxyl groups excluding tert-OH is 1. The van der Waals surface area contributed by atoms with Gasteiger partial charge in [-0.3, -0.25) is 4.79 Å². The molecule has 7 unspecified atom stereocenters. The second-order valence-electron chi connectivity index (χ2n) is 11.1. The summed E-state index contributed by atoms with van der Waals surface area (Å²) in [5.41, 5.74) is 1.83. The van der Waals surface area contributed by atoms with Gasteiger partial charge in [0.05, 0.1) is 6.10 Å². The Balaban J connectivity index is 1.35. The first-order valence-corrected chi connectivity index (χ1v) is 15.6. The van der Waals surface area contributed by atoms with Crippen molar-refractivity contribution in [3.05, 3.63) is 11.6 Å². The van der Waals surface area contributed by atoms with Gasteiger partial charge in [0.25, 0.3) is 0 Å². The first kappa shape index (κ1) is 24.9. The molecule has 0 heterocycles. The van der Waals surface area contributed by atoms with Gasteiger partial charge in [-0.1, -0.05) is 25.5 Å². The molecule has 182 valence electrons. The zero-order valence-electron chi connectivity index (χ0n) is 19.5. The maximum atomic E-state index is 13.2. The van der Waals surface area contributed by atoms with Crippen LogP contribution in [0.5, 0.6) is 0 Å². The van der Waals surface area contributed by atoms with E-state index in [2.05, 4.69) is 25.2 Å². The maximum Gasteiger partial charge on any atom is 0.384 e. The molecule has 0 spiro atoms. The summed E-state index contributed by atoms with van der Waals surface area (Å²) in [6.07, 6.45) is 11.2. The summed E-state index contributed by atoms with van der Waals surface area (Å²) in [4.78, 5) is 31.0. The minimum Gasteiger partial charge on any atom is -0.393 e. The Morgan fingerprint density at radius 2 is 1.94 bits per heavy atom. The zero-order valence-corrected chi connectivity index (χ0v) is 21.2. The van der Waals surface area contributed by atoms with Crippen LogP contribution in [0.25, 0.3) is 0 Å². The minimum absolute atomic E-state index is 0.102. The van der Waals surface area contributed by atoms with E-state index >= 15 is 0 Å². The SMILES string of the molecule is CC12CCC(O)CC1=CCC1C2CCC2(C)C(C(=O)CCNCCSP(=O)(O)O)CCC12.